The average molecular weight is 420 g/mol. The first-order valence-electron chi connectivity index (χ1n) is 6.50. The predicted octanol–water partition coefficient (Wildman–Crippen LogP) is 2.22. The molecule has 2 aromatic rings. The molecule has 130 valence electrons. The molecule has 1 aliphatic heterocycles. The number of nitrogens with two attached hydrogens (primary N) is 1. The van der Waals surface area contributed by atoms with E-state index < -0.39 is 50.9 Å². The Morgan fingerprint density at radius 1 is 1.08 bits per heavy atom. The van der Waals surface area contributed by atoms with Gasteiger partial charge in [0, 0.05) is 6.07 Å². The second-order valence-corrected chi connectivity index (χ2v) is 5.86. The number of amides is 2. The molecule has 1 aromatic heterocycles. The number of rotatable bonds is 1. The molecule has 0 saturated heterocycles. The number of carbonyl (C=O) groups is 2. The number of hydrogen-bond donors (Lipinski definition) is 2. The van der Waals surface area contributed by atoms with Gasteiger partial charge in [-0.1, -0.05) is 0 Å². The molecule has 1 aromatic carbocycles. The van der Waals surface area contributed by atoms with E-state index in [-0.39, 0.29) is 11.1 Å². The number of anilines is 1. The van der Waals surface area contributed by atoms with Gasteiger partial charge in [0.1, 0.15) is 11.6 Å². The number of nitrogen functional groups attached to an aromatic ring is 1. The molecule has 0 unspecified atom stereocenters. The number of aromatic nitrogens is 1. The van der Waals surface area contributed by atoms with Crippen LogP contribution in [0.3, 0.4) is 0 Å². The van der Waals surface area contributed by atoms with Gasteiger partial charge in [0.05, 0.1) is 26.9 Å². The summed E-state index contributed by atoms with van der Waals surface area (Å²) in [6, 6.07) is 1.91. The summed E-state index contributed by atoms with van der Waals surface area (Å²) in [5.74, 6) is -3.60. The van der Waals surface area contributed by atoms with Crippen LogP contribution in [-0.4, -0.2) is 16.4 Å². The smallest absolute Gasteiger partial charge is 0.384 e. The summed E-state index contributed by atoms with van der Waals surface area (Å²) in [4.78, 5) is 35.5. The minimum Gasteiger partial charge on any atom is -0.384 e. The molecule has 11 heteroatoms. The molecule has 25 heavy (non-hydrogen) atoms. The molecule has 0 radical (unpaired) electrons. The summed E-state index contributed by atoms with van der Waals surface area (Å²) in [6.45, 7) is 0. The van der Waals surface area contributed by atoms with E-state index in [9.17, 15) is 31.9 Å². The van der Waals surface area contributed by atoms with E-state index >= 15 is 0 Å². The largest absolute Gasteiger partial charge is 0.417 e. The molecule has 0 saturated carbocycles. The fourth-order valence-corrected chi connectivity index (χ4v) is 2.91. The van der Waals surface area contributed by atoms with E-state index in [1.54, 1.807) is 0 Å². The molecule has 3 N–H and O–H groups in total. The highest BCUT2D eigenvalue weighted by molar-refractivity contribution is 9.10. The summed E-state index contributed by atoms with van der Waals surface area (Å²) >= 11 is 2.50. The number of pyridine rings is 1. The Kier molecular flexibility index (Phi) is 3.71. The Hall–Kier alpha value is -2.69. The van der Waals surface area contributed by atoms with E-state index in [1.807, 2.05) is 5.32 Å². The molecule has 1 aliphatic rings. The number of hydrogen-bond acceptors (Lipinski definition) is 4. The zero-order valence-electron chi connectivity index (χ0n) is 11.9. The fourth-order valence-electron chi connectivity index (χ4n) is 2.46. The van der Waals surface area contributed by atoms with Gasteiger partial charge in [-0.3, -0.25) is 24.3 Å². The first kappa shape index (κ1) is 17.1. The molecule has 0 atom stereocenters. The van der Waals surface area contributed by atoms with Gasteiger partial charge < -0.3 is 5.73 Å². The van der Waals surface area contributed by atoms with E-state index in [0.717, 1.165) is 6.07 Å². The van der Waals surface area contributed by atoms with Crippen LogP contribution in [0.2, 0.25) is 0 Å². The highest BCUT2D eigenvalue weighted by atomic mass is 79.9. The Morgan fingerprint density at radius 3 is 2.32 bits per heavy atom. The molecular weight excluding hydrogens is 414 g/mol. The second-order valence-electron chi connectivity index (χ2n) is 5.06. The Morgan fingerprint density at radius 2 is 1.72 bits per heavy atom. The average Bonchev–Trinajstić information content (AvgIpc) is 2.75. The number of nitrogens with one attached hydrogen (secondary N) is 1. The number of imide groups is 1. The third-order valence-electron chi connectivity index (χ3n) is 3.53. The van der Waals surface area contributed by atoms with Crippen molar-refractivity contribution in [3.63, 3.8) is 0 Å². The Labute approximate surface area is 144 Å². The number of carbonyl (C=O) groups excluding carboxylic acids is 2. The van der Waals surface area contributed by atoms with Crippen LogP contribution in [0.15, 0.2) is 27.5 Å². The van der Waals surface area contributed by atoms with Crippen LogP contribution in [0.1, 0.15) is 26.3 Å². The van der Waals surface area contributed by atoms with Gasteiger partial charge in [-0.05, 0) is 28.1 Å². The number of alkyl halides is 3. The van der Waals surface area contributed by atoms with Crippen LogP contribution in [0.25, 0.3) is 5.69 Å². The van der Waals surface area contributed by atoms with Crippen molar-refractivity contribution in [2.75, 3.05) is 5.73 Å². The monoisotopic (exact) mass is 419 g/mol. The van der Waals surface area contributed by atoms with Crippen LogP contribution in [0.5, 0.6) is 0 Å². The number of fused-ring (bicyclic) bond motifs is 1. The highest BCUT2D eigenvalue weighted by Crippen LogP contribution is 2.38. The van der Waals surface area contributed by atoms with Gasteiger partial charge in [0.25, 0.3) is 17.4 Å². The lowest BCUT2D eigenvalue weighted by Gasteiger charge is -2.16. The highest BCUT2D eigenvalue weighted by Gasteiger charge is 2.36. The zero-order valence-corrected chi connectivity index (χ0v) is 13.5. The quantitative estimate of drug-likeness (QED) is 0.547. The van der Waals surface area contributed by atoms with E-state index in [2.05, 4.69) is 15.9 Å². The van der Waals surface area contributed by atoms with Gasteiger partial charge in [-0.15, -0.1) is 0 Å². The Bertz CT molecular complexity index is 1010. The van der Waals surface area contributed by atoms with Crippen LogP contribution in [-0.2, 0) is 6.18 Å². The maximum Gasteiger partial charge on any atom is 0.417 e. The summed E-state index contributed by atoms with van der Waals surface area (Å²) in [5.41, 5.74) is 2.16. The number of benzene rings is 1. The molecule has 0 fully saturated rings. The standard InChI is InChI=1S/C14H6BrF4N3O3/c15-10-6(14(17,18)19)1-4(2-7(10)16)22-8(23)3-5-9(11(22)20)13(25)21-12(5)24/h1-3H,20H2,(H,21,24,25). The molecule has 2 heterocycles. The zero-order chi connectivity index (χ0) is 18.7. The molecule has 3 rings (SSSR count). The molecule has 0 bridgehead atoms. The number of nitrogens with zero attached hydrogens (tertiary/aromatic N) is 1. The summed E-state index contributed by atoms with van der Waals surface area (Å²) in [6.07, 6.45) is -4.90. The Balaban J connectivity index is 2.35. The first-order chi connectivity index (χ1) is 11.5. The maximum absolute atomic E-state index is 13.9. The number of halogens is 5. The van der Waals surface area contributed by atoms with Crippen LogP contribution in [0, 0.1) is 5.82 Å². The first-order valence-corrected chi connectivity index (χ1v) is 7.29. The SMILES string of the molecule is Nc1c2c(cc(=O)n1-c1cc(F)c(Br)c(C(F)(F)F)c1)C(=O)NC2=O. The topological polar surface area (TPSA) is 94.2 Å². The normalized spacial score (nSPS) is 13.8. The fraction of sp³-hybridized carbons (Fsp3) is 0.0714. The molecule has 0 spiro atoms. The predicted molar refractivity (Wildman–Crippen MR) is 80.9 cm³/mol. The minimum absolute atomic E-state index is 0.294. The van der Waals surface area contributed by atoms with E-state index in [4.69, 9.17) is 5.73 Å². The van der Waals surface area contributed by atoms with Crippen LogP contribution >= 0.6 is 15.9 Å². The van der Waals surface area contributed by atoms with Crippen molar-refractivity contribution in [1.82, 2.24) is 9.88 Å². The molecular formula is C14H6BrF4N3O3. The van der Waals surface area contributed by atoms with Gasteiger partial charge >= 0.3 is 6.18 Å². The van der Waals surface area contributed by atoms with Crippen molar-refractivity contribution in [2.24, 2.45) is 0 Å². The van der Waals surface area contributed by atoms with E-state index in [0.29, 0.717) is 16.7 Å². The molecule has 2 amide bonds. The summed E-state index contributed by atoms with van der Waals surface area (Å²) in [5, 5.41) is 1.91. The molecule has 6 nitrogen and oxygen atoms in total. The van der Waals surface area contributed by atoms with Gasteiger partial charge in [0.15, 0.2) is 0 Å². The minimum atomic E-state index is -4.90. The van der Waals surface area contributed by atoms with Crippen LogP contribution < -0.4 is 16.6 Å². The van der Waals surface area contributed by atoms with Gasteiger partial charge in [-0.2, -0.15) is 13.2 Å². The van der Waals surface area contributed by atoms with Gasteiger partial charge in [0.2, 0.25) is 0 Å². The third kappa shape index (κ3) is 2.60. The van der Waals surface area contributed by atoms with Crippen molar-refractivity contribution < 1.29 is 27.2 Å². The van der Waals surface area contributed by atoms with Gasteiger partial charge in [-0.25, -0.2) is 4.39 Å². The lowest BCUT2D eigenvalue weighted by molar-refractivity contribution is -0.138. The van der Waals surface area contributed by atoms with Crippen LogP contribution in [0.4, 0.5) is 23.4 Å². The lowest BCUT2D eigenvalue weighted by atomic mass is 10.1. The summed E-state index contributed by atoms with van der Waals surface area (Å²) < 4.78 is 52.7. The van der Waals surface area contributed by atoms with Crippen molar-refractivity contribution in [1.29, 1.82) is 0 Å². The van der Waals surface area contributed by atoms with Crippen molar-refractivity contribution >= 4 is 33.6 Å². The third-order valence-corrected chi connectivity index (χ3v) is 4.34. The van der Waals surface area contributed by atoms with Crippen molar-refractivity contribution in [3.8, 4) is 5.69 Å². The second kappa shape index (κ2) is 5.41. The maximum atomic E-state index is 13.9. The summed E-state index contributed by atoms with van der Waals surface area (Å²) in [7, 11) is 0. The van der Waals surface area contributed by atoms with E-state index in [1.165, 1.54) is 0 Å². The van der Waals surface area contributed by atoms with Crippen molar-refractivity contribution in [2.45, 2.75) is 6.18 Å². The molecule has 0 aliphatic carbocycles. The lowest BCUT2D eigenvalue weighted by Crippen LogP contribution is -2.24. The van der Waals surface area contributed by atoms with Crippen molar-refractivity contribution in [3.05, 3.63) is 55.5 Å².